The maximum atomic E-state index is 13.2. The van der Waals surface area contributed by atoms with Crippen molar-refractivity contribution in [1.29, 1.82) is 0 Å². The van der Waals surface area contributed by atoms with Crippen molar-refractivity contribution in [3.63, 3.8) is 0 Å². The van der Waals surface area contributed by atoms with Crippen molar-refractivity contribution in [2.75, 3.05) is 18.6 Å². The van der Waals surface area contributed by atoms with Gasteiger partial charge in [-0.25, -0.2) is 4.98 Å². The Balaban J connectivity index is 2.01. The van der Waals surface area contributed by atoms with E-state index >= 15 is 0 Å². The number of alkyl halides is 6. The Bertz CT molecular complexity index is 1040. The minimum Gasteiger partial charge on any atom is -0.494 e. The molecule has 0 bridgehead atoms. The van der Waals surface area contributed by atoms with Gasteiger partial charge in [0.1, 0.15) is 18.0 Å². The first-order valence-electron chi connectivity index (χ1n) is 9.14. The van der Waals surface area contributed by atoms with E-state index in [1.807, 2.05) is 0 Å². The van der Waals surface area contributed by atoms with Gasteiger partial charge in [-0.05, 0) is 24.6 Å². The van der Waals surface area contributed by atoms with Crippen molar-refractivity contribution >= 4 is 23.1 Å². The number of carbonyl (C=O) groups excluding carboxylic acids is 1. The highest BCUT2D eigenvalue weighted by atomic mass is 19.4. The van der Waals surface area contributed by atoms with Crippen molar-refractivity contribution in [3.05, 3.63) is 47.8 Å². The number of ketones is 1. The van der Waals surface area contributed by atoms with Crippen LogP contribution >= 0.6 is 0 Å². The van der Waals surface area contributed by atoms with Crippen LogP contribution in [0.1, 0.15) is 22.5 Å². The second-order valence-corrected chi connectivity index (χ2v) is 7.14. The highest BCUT2D eigenvalue weighted by molar-refractivity contribution is 6.03. The van der Waals surface area contributed by atoms with Crippen LogP contribution in [0, 0.1) is 11.8 Å². The topological polar surface area (TPSA) is 79.7 Å². The van der Waals surface area contributed by atoms with Crippen molar-refractivity contribution in [3.8, 4) is 5.75 Å². The standard InChI is InChI=1S/C20H16F6N2O4/c1-32-15-6-12(8-27-16(15)17(29)13-7-14(13)18(30)31)28(9-19(21,22)23)11-4-2-3-10(5-11)20(24,25)26/h2-6,8,13-14H,7,9H2,1H3,(H,30,31)/t13-,14-/m0/s1. The summed E-state index contributed by atoms with van der Waals surface area (Å²) < 4.78 is 83.8. The van der Waals surface area contributed by atoms with Crippen LogP contribution < -0.4 is 9.64 Å². The zero-order valence-electron chi connectivity index (χ0n) is 16.4. The molecule has 3 rings (SSSR count). The van der Waals surface area contributed by atoms with E-state index in [-0.39, 0.29) is 23.6 Å². The number of pyridine rings is 1. The van der Waals surface area contributed by atoms with Gasteiger partial charge >= 0.3 is 18.3 Å². The molecule has 0 aliphatic heterocycles. The van der Waals surface area contributed by atoms with Crippen LogP contribution in [-0.2, 0) is 11.0 Å². The van der Waals surface area contributed by atoms with Gasteiger partial charge in [-0.2, -0.15) is 26.3 Å². The lowest BCUT2D eigenvalue weighted by atomic mass is 10.1. The van der Waals surface area contributed by atoms with Gasteiger partial charge in [0.2, 0.25) is 0 Å². The molecule has 0 saturated heterocycles. The normalized spacial score (nSPS) is 18.2. The van der Waals surface area contributed by atoms with Gasteiger partial charge in [-0.3, -0.25) is 9.59 Å². The molecule has 2 atom stereocenters. The molecule has 1 aliphatic carbocycles. The highest BCUT2D eigenvalue weighted by Gasteiger charge is 2.49. The van der Waals surface area contributed by atoms with Crippen LogP contribution in [0.15, 0.2) is 36.5 Å². The van der Waals surface area contributed by atoms with E-state index in [1.54, 1.807) is 0 Å². The Labute approximate surface area is 177 Å². The van der Waals surface area contributed by atoms with Gasteiger partial charge in [0, 0.05) is 17.7 Å². The largest absolute Gasteiger partial charge is 0.494 e. The molecule has 1 heterocycles. The minimum absolute atomic E-state index is 0.102. The van der Waals surface area contributed by atoms with Crippen molar-refractivity contribution in [1.82, 2.24) is 4.98 Å². The van der Waals surface area contributed by atoms with Crippen molar-refractivity contribution in [2.24, 2.45) is 11.8 Å². The molecule has 1 fully saturated rings. The fourth-order valence-electron chi connectivity index (χ4n) is 3.22. The Morgan fingerprint density at radius 3 is 2.34 bits per heavy atom. The Morgan fingerprint density at radius 1 is 1.12 bits per heavy atom. The lowest BCUT2D eigenvalue weighted by Crippen LogP contribution is -2.31. The second-order valence-electron chi connectivity index (χ2n) is 7.14. The fraction of sp³-hybridized carbons (Fsp3) is 0.350. The summed E-state index contributed by atoms with van der Waals surface area (Å²) in [5.41, 5.74) is -2.06. The summed E-state index contributed by atoms with van der Waals surface area (Å²) in [7, 11) is 1.14. The minimum atomic E-state index is -4.78. The number of rotatable bonds is 7. The van der Waals surface area contributed by atoms with E-state index in [1.165, 1.54) is 0 Å². The van der Waals surface area contributed by atoms with E-state index in [2.05, 4.69) is 4.98 Å². The number of methoxy groups -OCH3 is 1. The van der Waals surface area contributed by atoms with E-state index in [0.717, 1.165) is 37.6 Å². The summed E-state index contributed by atoms with van der Waals surface area (Å²) in [6.07, 6.45) is -8.54. The quantitative estimate of drug-likeness (QED) is 0.474. The smallest absolute Gasteiger partial charge is 0.416 e. The number of halogens is 6. The van der Waals surface area contributed by atoms with Gasteiger partial charge < -0.3 is 14.7 Å². The molecule has 1 aliphatic rings. The average molecular weight is 462 g/mol. The monoisotopic (exact) mass is 462 g/mol. The van der Waals surface area contributed by atoms with Crippen molar-refractivity contribution < 1.29 is 45.8 Å². The Kier molecular flexibility index (Phi) is 6.07. The Hall–Kier alpha value is -3.31. The lowest BCUT2D eigenvalue weighted by Gasteiger charge is -2.27. The maximum Gasteiger partial charge on any atom is 0.416 e. The zero-order chi connectivity index (χ0) is 23.8. The summed E-state index contributed by atoms with van der Waals surface area (Å²) in [5.74, 6) is -3.71. The van der Waals surface area contributed by atoms with E-state index in [9.17, 15) is 35.9 Å². The first-order chi connectivity index (χ1) is 14.8. The first-order valence-corrected chi connectivity index (χ1v) is 9.14. The number of carbonyl (C=O) groups is 2. The van der Waals surface area contributed by atoms with Gasteiger partial charge in [0.05, 0.1) is 30.5 Å². The Morgan fingerprint density at radius 2 is 1.81 bits per heavy atom. The summed E-state index contributed by atoms with van der Waals surface area (Å²) >= 11 is 0. The number of ether oxygens (including phenoxy) is 1. The number of hydrogen-bond acceptors (Lipinski definition) is 5. The zero-order valence-corrected chi connectivity index (χ0v) is 16.4. The number of carboxylic acid groups (broad SMARTS) is 1. The number of aromatic nitrogens is 1. The number of anilines is 2. The summed E-state index contributed by atoms with van der Waals surface area (Å²) in [4.78, 5) is 27.9. The second kappa shape index (κ2) is 8.32. The van der Waals surface area contributed by atoms with Gasteiger partial charge in [0.25, 0.3) is 0 Å². The fourth-order valence-corrected chi connectivity index (χ4v) is 3.22. The predicted molar refractivity (Wildman–Crippen MR) is 98.9 cm³/mol. The molecule has 1 saturated carbocycles. The number of hydrogen-bond donors (Lipinski definition) is 1. The van der Waals surface area contributed by atoms with Crippen molar-refractivity contribution in [2.45, 2.75) is 18.8 Å². The molecule has 172 valence electrons. The van der Waals surface area contributed by atoms with Crippen LogP contribution in [0.25, 0.3) is 0 Å². The van der Waals surface area contributed by atoms with Crippen LogP contribution in [0.2, 0.25) is 0 Å². The molecule has 32 heavy (non-hydrogen) atoms. The molecular weight excluding hydrogens is 446 g/mol. The summed E-state index contributed by atoms with van der Waals surface area (Å²) in [6.45, 7) is -1.63. The third kappa shape index (κ3) is 5.11. The van der Waals surface area contributed by atoms with Gasteiger partial charge in [-0.1, -0.05) is 6.07 Å². The highest BCUT2D eigenvalue weighted by Crippen LogP contribution is 2.43. The molecule has 6 nitrogen and oxygen atoms in total. The number of Topliss-reactive ketones (excluding diaryl/α,β-unsaturated/α-hetero) is 1. The molecule has 12 heteroatoms. The van der Waals surface area contributed by atoms with Crippen LogP contribution in [0.4, 0.5) is 37.7 Å². The van der Waals surface area contributed by atoms with E-state index in [4.69, 9.17) is 9.84 Å². The molecule has 1 aromatic carbocycles. The molecule has 0 amide bonds. The summed E-state index contributed by atoms with van der Waals surface area (Å²) in [5, 5.41) is 8.98. The molecule has 0 radical (unpaired) electrons. The SMILES string of the molecule is COc1cc(N(CC(F)(F)F)c2cccc(C(F)(F)F)c2)cnc1C(=O)[C@H]1C[C@@H]1C(=O)O. The van der Waals surface area contributed by atoms with Crippen LogP contribution in [-0.4, -0.2) is 41.7 Å². The third-order valence-electron chi connectivity index (χ3n) is 4.87. The predicted octanol–water partition coefficient (Wildman–Crippen LogP) is 4.71. The van der Waals surface area contributed by atoms with Crippen LogP contribution in [0.3, 0.4) is 0 Å². The number of nitrogens with zero attached hydrogens (tertiary/aromatic N) is 2. The van der Waals surface area contributed by atoms with E-state index in [0.29, 0.717) is 11.0 Å². The molecule has 1 N–H and O–H groups in total. The average Bonchev–Trinajstić information content (AvgIpc) is 3.51. The number of aliphatic carboxylic acids is 1. The number of benzene rings is 1. The van der Waals surface area contributed by atoms with E-state index < -0.39 is 53.7 Å². The molecule has 1 aromatic heterocycles. The molecule has 0 spiro atoms. The lowest BCUT2D eigenvalue weighted by molar-refractivity contribution is -0.139. The summed E-state index contributed by atoms with van der Waals surface area (Å²) in [6, 6.07) is 4.39. The molecule has 0 unspecified atom stereocenters. The maximum absolute atomic E-state index is 13.2. The van der Waals surface area contributed by atoms with Gasteiger partial charge in [0.15, 0.2) is 5.78 Å². The van der Waals surface area contributed by atoms with Gasteiger partial charge in [-0.15, -0.1) is 0 Å². The molecule has 2 aromatic rings. The third-order valence-corrected chi connectivity index (χ3v) is 4.87. The first kappa shape index (κ1) is 23.4. The molecular formula is C20H16F6N2O4. The number of carboxylic acids is 1. The van der Waals surface area contributed by atoms with Crippen LogP contribution in [0.5, 0.6) is 5.75 Å².